The molecule has 0 fully saturated rings. The lowest BCUT2D eigenvalue weighted by molar-refractivity contribution is 0.0929. The maximum atomic E-state index is 12.5. The van der Waals surface area contributed by atoms with E-state index in [1.54, 1.807) is 12.1 Å². The van der Waals surface area contributed by atoms with Gasteiger partial charge in [-0.25, -0.2) is 5.43 Å². The number of hydrazone groups is 1. The third-order valence-electron chi connectivity index (χ3n) is 4.40. The number of nitrogens with zero attached hydrogens (tertiary/aromatic N) is 1. The second-order valence-corrected chi connectivity index (χ2v) is 7.14. The number of carbonyl (C=O) groups is 1. The van der Waals surface area contributed by atoms with Gasteiger partial charge < -0.3 is 14.3 Å². The second kappa shape index (κ2) is 7.97. The predicted octanol–water partition coefficient (Wildman–Crippen LogP) is 5.22. The number of ether oxygens (including phenoxy) is 1. The van der Waals surface area contributed by atoms with Gasteiger partial charge in [0.2, 0.25) is 0 Å². The molecule has 0 aliphatic heterocycles. The molecule has 1 amide bonds. The molecule has 4 aromatic rings. The summed E-state index contributed by atoms with van der Waals surface area (Å²) in [6, 6.07) is 16.6. The molecule has 2 N–H and O–H groups in total. The molecule has 0 aliphatic carbocycles. The van der Waals surface area contributed by atoms with E-state index in [4.69, 9.17) is 9.15 Å². The van der Waals surface area contributed by atoms with Crippen molar-refractivity contribution in [2.24, 2.45) is 5.10 Å². The predicted molar refractivity (Wildman–Crippen MR) is 116 cm³/mol. The molecule has 0 atom stereocenters. The smallest absolute Gasteiger partial charge is 0.307 e. The van der Waals surface area contributed by atoms with E-state index >= 15 is 0 Å². The van der Waals surface area contributed by atoms with Gasteiger partial charge >= 0.3 is 5.91 Å². The fourth-order valence-electron chi connectivity index (χ4n) is 3.05. The summed E-state index contributed by atoms with van der Waals surface area (Å²) in [5, 5.41) is 16.8. The topological polar surface area (TPSA) is 84.1 Å². The van der Waals surface area contributed by atoms with Crippen molar-refractivity contribution < 1.29 is 19.1 Å². The van der Waals surface area contributed by atoms with Gasteiger partial charge in [0.1, 0.15) is 5.58 Å². The molecule has 1 heterocycles. The van der Waals surface area contributed by atoms with Crippen LogP contribution in [-0.2, 0) is 0 Å². The van der Waals surface area contributed by atoms with Gasteiger partial charge in [-0.1, -0.05) is 30.3 Å². The largest absolute Gasteiger partial charge is 0.504 e. The molecule has 7 heteroatoms. The van der Waals surface area contributed by atoms with Gasteiger partial charge in [-0.2, -0.15) is 5.10 Å². The number of carbonyl (C=O) groups excluding carboxylic acids is 1. The van der Waals surface area contributed by atoms with Crippen molar-refractivity contribution in [1.82, 2.24) is 5.43 Å². The van der Waals surface area contributed by atoms with Crippen LogP contribution in [0.2, 0.25) is 0 Å². The highest BCUT2D eigenvalue weighted by Crippen LogP contribution is 2.32. The lowest BCUT2D eigenvalue weighted by atomic mass is 10.1. The highest BCUT2D eigenvalue weighted by atomic mass is 79.9. The normalized spacial score (nSPS) is 11.4. The maximum Gasteiger partial charge on any atom is 0.307 e. The van der Waals surface area contributed by atoms with Crippen LogP contribution in [0.25, 0.3) is 21.7 Å². The quantitative estimate of drug-likeness (QED) is 0.321. The highest BCUT2D eigenvalue weighted by molar-refractivity contribution is 9.10. The second-order valence-electron chi connectivity index (χ2n) is 6.28. The van der Waals surface area contributed by atoms with E-state index in [9.17, 15) is 9.90 Å². The van der Waals surface area contributed by atoms with Crippen molar-refractivity contribution in [3.8, 4) is 11.5 Å². The minimum atomic E-state index is -0.457. The van der Waals surface area contributed by atoms with Crippen LogP contribution >= 0.6 is 15.9 Å². The zero-order valence-corrected chi connectivity index (χ0v) is 17.1. The summed E-state index contributed by atoms with van der Waals surface area (Å²) in [6.45, 7) is 2.25. The van der Waals surface area contributed by atoms with Crippen molar-refractivity contribution in [3.05, 3.63) is 70.4 Å². The van der Waals surface area contributed by atoms with Gasteiger partial charge in [-0.3, -0.25) is 4.79 Å². The minimum absolute atomic E-state index is 0.0226. The summed E-state index contributed by atoms with van der Waals surface area (Å²) in [5.74, 6) is 0.0804. The first kappa shape index (κ1) is 19.0. The Balaban J connectivity index is 1.56. The molecule has 0 bridgehead atoms. The van der Waals surface area contributed by atoms with Gasteiger partial charge in [0.05, 0.1) is 12.8 Å². The Hall–Kier alpha value is -3.32. The molecular formula is C22H17BrN2O4. The Labute approximate surface area is 174 Å². The van der Waals surface area contributed by atoms with Crippen molar-refractivity contribution in [1.29, 1.82) is 0 Å². The average Bonchev–Trinajstić information content (AvgIpc) is 3.16. The van der Waals surface area contributed by atoms with Gasteiger partial charge in [0, 0.05) is 15.4 Å². The fraction of sp³-hybridized carbons (Fsp3) is 0.0909. The van der Waals surface area contributed by atoms with E-state index in [0.717, 1.165) is 16.2 Å². The number of aromatic hydroxyl groups is 1. The van der Waals surface area contributed by atoms with Crippen LogP contribution in [0.4, 0.5) is 0 Å². The molecule has 4 rings (SSSR count). The first-order valence-corrected chi connectivity index (χ1v) is 9.76. The number of phenolic OH excluding ortho intramolecular Hbond substituents is 1. The third-order valence-corrected chi connectivity index (χ3v) is 5.08. The molecule has 6 nitrogen and oxygen atoms in total. The summed E-state index contributed by atoms with van der Waals surface area (Å²) >= 11 is 3.35. The molecule has 0 aliphatic rings. The Morgan fingerprint density at radius 2 is 2.03 bits per heavy atom. The Bertz CT molecular complexity index is 1250. The molecular weight excluding hydrogens is 436 g/mol. The van der Waals surface area contributed by atoms with Gasteiger partial charge in [-0.15, -0.1) is 0 Å². The van der Waals surface area contributed by atoms with Crippen LogP contribution in [0.1, 0.15) is 23.0 Å². The van der Waals surface area contributed by atoms with E-state index in [2.05, 4.69) is 26.5 Å². The van der Waals surface area contributed by atoms with E-state index < -0.39 is 5.91 Å². The van der Waals surface area contributed by atoms with E-state index in [0.29, 0.717) is 28.0 Å². The van der Waals surface area contributed by atoms with E-state index in [1.807, 2.05) is 43.3 Å². The van der Waals surface area contributed by atoms with Crippen LogP contribution in [0.5, 0.6) is 11.5 Å². The molecule has 0 saturated carbocycles. The summed E-state index contributed by atoms with van der Waals surface area (Å²) in [6.07, 6.45) is 1.46. The van der Waals surface area contributed by atoms with E-state index in [-0.39, 0.29) is 11.5 Å². The van der Waals surface area contributed by atoms with Crippen molar-refractivity contribution in [2.75, 3.05) is 6.61 Å². The molecule has 1 aromatic heterocycles. The fourth-order valence-corrected chi connectivity index (χ4v) is 3.48. The molecule has 3 aromatic carbocycles. The molecule has 0 saturated heterocycles. The number of rotatable bonds is 5. The average molecular weight is 453 g/mol. The Kier molecular flexibility index (Phi) is 5.22. The number of nitrogens with one attached hydrogen (secondary N) is 1. The lowest BCUT2D eigenvalue weighted by Gasteiger charge is -2.08. The first-order chi connectivity index (χ1) is 14.1. The monoisotopic (exact) mass is 452 g/mol. The SMILES string of the molecule is CCOc1cc(/C=N/NC(=O)c2cc3c(ccc4ccccc43)o2)c(Br)cc1O. The zero-order chi connectivity index (χ0) is 20.4. The molecule has 29 heavy (non-hydrogen) atoms. The number of benzene rings is 3. The number of furan rings is 1. The van der Waals surface area contributed by atoms with Crippen molar-refractivity contribution in [3.63, 3.8) is 0 Å². The molecule has 0 radical (unpaired) electrons. The third kappa shape index (κ3) is 3.82. The van der Waals surface area contributed by atoms with Crippen molar-refractivity contribution >= 4 is 49.8 Å². The minimum Gasteiger partial charge on any atom is -0.504 e. The van der Waals surface area contributed by atoms with E-state index in [1.165, 1.54) is 12.3 Å². The number of halogens is 1. The standard InChI is InChI=1S/C22H17BrN2O4/c1-2-28-20-9-14(17(23)11-18(20)26)12-24-25-22(27)21-10-16-15-6-4-3-5-13(15)7-8-19(16)29-21/h3-12,26H,2H2,1H3,(H,25,27)/b24-12+. The Morgan fingerprint density at radius 3 is 2.86 bits per heavy atom. The summed E-state index contributed by atoms with van der Waals surface area (Å²) in [7, 11) is 0. The number of amides is 1. The van der Waals surface area contributed by atoms with Crippen LogP contribution in [-0.4, -0.2) is 23.8 Å². The number of hydrogen-bond donors (Lipinski definition) is 2. The van der Waals surface area contributed by atoms with Crippen LogP contribution < -0.4 is 10.2 Å². The number of hydrogen-bond acceptors (Lipinski definition) is 5. The zero-order valence-electron chi connectivity index (χ0n) is 15.5. The van der Waals surface area contributed by atoms with Crippen LogP contribution in [0, 0.1) is 0 Å². The molecule has 0 spiro atoms. The Morgan fingerprint density at radius 1 is 1.21 bits per heavy atom. The van der Waals surface area contributed by atoms with Crippen LogP contribution in [0.15, 0.2) is 68.6 Å². The number of phenols is 1. The summed E-state index contributed by atoms with van der Waals surface area (Å²) in [5.41, 5.74) is 3.74. The maximum absolute atomic E-state index is 12.5. The van der Waals surface area contributed by atoms with Gasteiger partial charge in [0.15, 0.2) is 17.3 Å². The summed E-state index contributed by atoms with van der Waals surface area (Å²) < 4.78 is 11.7. The van der Waals surface area contributed by atoms with Gasteiger partial charge in [0.25, 0.3) is 0 Å². The lowest BCUT2D eigenvalue weighted by Crippen LogP contribution is -2.16. The van der Waals surface area contributed by atoms with Crippen LogP contribution in [0.3, 0.4) is 0 Å². The van der Waals surface area contributed by atoms with Crippen molar-refractivity contribution in [2.45, 2.75) is 6.92 Å². The first-order valence-electron chi connectivity index (χ1n) is 8.97. The molecule has 0 unspecified atom stereocenters. The molecule has 146 valence electrons. The van der Waals surface area contributed by atoms with Gasteiger partial charge in [-0.05, 0) is 57.9 Å². The summed E-state index contributed by atoms with van der Waals surface area (Å²) in [4.78, 5) is 12.5. The highest BCUT2D eigenvalue weighted by Gasteiger charge is 2.13. The number of fused-ring (bicyclic) bond motifs is 3.